The molecule has 2 aromatic carbocycles. The van der Waals surface area contributed by atoms with E-state index in [1.165, 1.54) is 0 Å². The molecule has 2 atom stereocenters. The van der Waals surface area contributed by atoms with Crippen molar-refractivity contribution in [3.05, 3.63) is 59.7 Å². The third-order valence-electron chi connectivity index (χ3n) is 5.46. The second-order valence-electron chi connectivity index (χ2n) is 8.59. The van der Waals surface area contributed by atoms with Crippen LogP contribution in [-0.4, -0.2) is 65.2 Å². The fourth-order valence-electron chi connectivity index (χ4n) is 3.73. The molecule has 1 heterocycles. The maximum atomic E-state index is 12.4. The minimum atomic E-state index is -1.05. The summed E-state index contributed by atoms with van der Waals surface area (Å²) in [6.45, 7) is 5.44. The number of amides is 1. The first-order valence-electron chi connectivity index (χ1n) is 11.7. The lowest BCUT2D eigenvalue weighted by Crippen LogP contribution is -2.29. The maximum Gasteiger partial charge on any atom is 0.333 e. The lowest BCUT2D eigenvalue weighted by atomic mass is 10.1. The van der Waals surface area contributed by atoms with Gasteiger partial charge in [-0.25, -0.2) is 4.79 Å². The minimum absolute atomic E-state index is 0.0231. The predicted molar refractivity (Wildman–Crippen MR) is 126 cm³/mol. The molecule has 0 aliphatic carbocycles. The molecular formula is C26H33NO7. The predicted octanol–water partition coefficient (Wildman–Crippen LogP) is 3.51. The second kappa shape index (κ2) is 12.4. The Bertz CT molecular complexity index is 921. The molecule has 2 unspecified atom stereocenters. The Morgan fingerprint density at radius 1 is 0.971 bits per heavy atom. The smallest absolute Gasteiger partial charge is 0.333 e. The van der Waals surface area contributed by atoms with Crippen molar-refractivity contribution in [1.82, 2.24) is 4.90 Å². The topological polar surface area (TPSA) is 106 Å². The van der Waals surface area contributed by atoms with Gasteiger partial charge in [-0.15, -0.1) is 0 Å². The van der Waals surface area contributed by atoms with E-state index in [4.69, 9.17) is 14.2 Å². The summed E-state index contributed by atoms with van der Waals surface area (Å²) in [5, 5.41) is 19.4. The number of carbonyl (C=O) groups excluding carboxylic acids is 1. The molecule has 184 valence electrons. The number of aliphatic carboxylic acids is 1. The number of hydrogen-bond donors (Lipinski definition) is 2. The normalized spacial score (nSPS) is 15.2. The molecule has 8 nitrogen and oxygen atoms in total. The Morgan fingerprint density at radius 2 is 1.59 bits per heavy atom. The number of nitrogens with zero attached hydrogens (tertiary/aromatic N) is 1. The number of likely N-dealkylation sites (tertiary alicyclic amines) is 1. The number of hydrogen-bond acceptors (Lipinski definition) is 6. The van der Waals surface area contributed by atoms with Crippen molar-refractivity contribution in [1.29, 1.82) is 0 Å². The summed E-state index contributed by atoms with van der Waals surface area (Å²) in [6, 6.07) is 13.9. The fourth-order valence-corrected chi connectivity index (χ4v) is 3.73. The largest absolute Gasteiger partial charge is 0.493 e. The number of carboxylic acids is 1. The van der Waals surface area contributed by atoms with Gasteiger partial charge in [0.1, 0.15) is 11.5 Å². The third-order valence-corrected chi connectivity index (χ3v) is 5.46. The van der Waals surface area contributed by atoms with Gasteiger partial charge < -0.3 is 29.3 Å². The average Bonchev–Trinajstić information content (AvgIpc) is 3.34. The van der Waals surface area contributed by atoms with E-state index in [0.717, 1.165) is 31.5 Å². The van der Waals surface area contributed by atoms with Crippen molar-refractivity contribution < 1.29 is 34.0 Å². The first kappa shape index (κ1) is 25.5. The number of aliphatic hydroxyl groups is 1. The van der Waals surface area contributed by atoms with Crippen LogP contribution in [-0.2, 0) is 16.0 Å². The average molecular weight is 472 g/mol. The van der Waals surface area contributed by atoms with Gasteiger partial charge in [0.2, 0.25) is 6.29 Å². The molecule has 3 rings (SSSR count). The van der Waals surface area contributed by atoms with E-state index in [9.17, 15) is 19.8 Å². The standard InChI is InChI=1S/C26H33NO7/c1-18(2)33-23(26(30)31)17-19-5-9-21(10-6-19)32-16-13-24(28)34-22-11-7-20(8-12-22)25(29)27-14-3-4-15-27/h5-12,18,23-24,28H,3-4,13-17H2,1-2H3,(H,30,31). The number of rotatable bonds is 12. The van der Waals surface area contributed by atoms with Gasteiger partial charge in [-0.05, 0) is 68.7 Å². The zero-order valence-corrected chi connectivity index (χ0v) is 19.7. The Balaban J connectivity index is 1.41. The summed E-state index contributed by atoms with van der Waals surface area (Å²) >= 11 is 0. The van der Waals surface area contributed by atoms with Gasteiger partial charge in [0.25, 0.3) is 5.91 Å². The van der Waals surface area contributed by atoms with Gasteiger partial charge in [0.15, 0.2) is 6.10 Å². The van der Waals surface area contributed by atoms with Crippen LogP contribution in [0.1, 0.15) is 49.0 Å². The van der Waals surface area contributed by atoms with E-state index in [-0.39, 0.29) is 31.5 Å². The molecule has 0 bridgehead atoms. The quantitative estimate of drug-likeness (QED) is 0.456. The monoisotopic (exact) mass is 471 g/mol. The fraction of sp³-hybridized carbons (Fsp3) is 0.462. The summed E-state index contributed by atoms with van der Waals surface area (Å²) in [4.78, 5) is 25.6. The van der Waals surface area contributed by atoms with Crippen LogP contribution in [0.15, 0.2) is 48.5 Å². The molecule has 2 aromatic rings. The van der Waals surface area contributed by atoms with Crippen LogP contribution < -0.4 is 9.47 Å². The van der Waals surface area contributed by atoms with Crippen molar-refractivity contribution in [2.45, 2.75) is 58.0 Å². The van der Waals surface area contributed by atoms with Gasteiger partial charge in [0, 0.05) is 31.5 Å². The van der Waals surface area contributed by atoms with Crippen molar-refractivity contribution in [3.63, 3.8) is 0 Å². The van der Waals surface area contributed by atoms with Crippen LogP contribution in [0.25, 0.3) is 0 Å². The van der Waals surface area contributed by atoms with Crippen LogP contribution in [0.5, 0.6) is 11.5 Å². The molecule has 0 spiro atoms. The van der Waals surface area contributed by atoms with E-state index >= 15 is 0 Å². The lowest BCUT2D eigenvalue weighted by molar-refractivity contribution is -0.153. The van der Waals surface area contributed by atoms with Gasteiger partial charge in [-0.2, -0.15) is 0 Å². The maximum absolute atomic E-state index is 12.4. The highest BCUT2D eigenvalue weighted by Crippen LogP contribution is 2.19. The molecule has 1 aliphatic heterocycles. The Hall–Kier alpha value is -3.10. The summed E-state index contributed by atoms with van der Waals surface area (Å²) in [7, 11) is 0. The van der Waals surface area contributed by atoms with E-state index in [1.807, 2.05) is 4.90 Å². The molecule has 1 amide bonds. The van der Waals surface area contributed by atoms with Gasteiger partial charge in [-0.3, -0.25) is 4.79 Å². The van der Waals surface area contributed by atoms with E-state index in [2.05, 4.69) is 0 Å². The SMILES string of the molecule is CC(C)OC(Cc1ccc(OCCC(O)Oc2ccc(C(=O)N3CCCC3)cc2)cc1)C(=O)O. The van der Waals surface area contributed by atoms with Gasteiger partial charge in [-0.1, -0.05) is 12.1 Å². The number of aliphatic hydroxyl groups excluding tert-OH is 1. The summed E-state index contributed by atoms with van der Waals surface area (Å²) < 4.78 is 16.6. The molecular weight excluding hydrogens is 438 g/mol. The number of carbonyl (C=O) groups is 2. The van der Waals surface area contributed by atoms with E-state index in [1.54, 1.807) is 62.4 Å². The Kier molecular flexibility index (Phi) is 9.30. The number of ether oxygens (including phenoxy) is 3. The van der Waals surface area contributed by atoms with Crippen LogP contribution in [0.2, 0.25) is 0 Å². The second-order valence-corrected chi connectivity index (χ2v) is 8.59. The molecule has 1 aliphatic rings. The molecule has 1 saturated heterocycles. The van der Waals surface area contributed by atoms with Crippen LogP contribution in [0.3, 0.4) is 0 Å². The molecule has 0 aromatic heterocycles. The van der Waals surface area contributed by atoms with Gasteiger partial charge in [0.05, 0.1) is 12.7 Å². The first-order valence-corrected chi connectivity index (χ1v) is 11.7. The zero-order valence-electron chi connectivity index (χ0n) is 19.7. The van der Waals surface area contributed by atoms with Gasteiger partial charge >= 0.3 is 5.97 Å². The molecule has 1 fully saturated rings. The minimum Gasteiger partial charge on any atom is -0.493 e. The van der Waals surface area contributed by atoms with Crippen molar-refractivity contribution >= 4 is 11.9 Å². The number of benzene rings is 2. The van der Waals surface area contributed by atoms with Crippen LogP contribution >= 0.6 is 0 Å². The zero-order chi connectivity index (χ0) is 24.5. The third kappa shape index (κ3) is 7.74. The highest BCUT2D eigenvalue weighted by Gasteiger charge is 2.21. The molecule has 34 heavy (non-hydrogen) atoms. The molecule has 0 radical (unpaired) electrons. The summed E-state index contributed by atoms with van der Waals surface area (Å²) in [5.41, 5.74) is 1.44. The summed E-state index contributed by atoms with van der Waals surface area (Å²) in [5.74, 6) is 0.120. The van der Waals surface area contributed by atoms with E-state index < -0.39 is 18.4 Å². The lowest BCUT2D eigenvalue weighted by Gasteiger charge is -2.17. The highest BCUT2D eigenvalue weighted by atomic mass is 16.6. The van der Waals surface area contributed by atoms with Crippen LogP contribution in [0.4, 0.5) is 0 Å². The van der Waals surface area contributed by atoms with E-state index in [0.29, 0.717) is 17.1 Å². The van der Waals surface area contributed by atoms with Crippen LogP contribution in [0, 0.1) is 0 Å². The molecule has 2 N–H and O–H groups in total. The molecule has 8 heteroatoms. The summed E-state index contributed by atoms with van der Waals surface area (Å²) in [6.07, 6.45) is 0.485. The Labute approximate surface area is 200 Å². The Morgan fingerprint density at radius 3 is 2.18 bits per heavy atom. The van der Waals surface area contributed by atoms with Crippen molar-refractivity contribution in [2.24, 2.45) is 0 Å². The number of carboxylic acid groups (broad SMARTS) is 1. The highest BCUT2D eigenvalue weighted by molar-refractivity contribution is 5.94. The molecule has 0 saturated carbocycles. The van der Waals surface area contributed by atoms with Crippen molar-refractivity contribution in [2.75, 3.05) is 19.7 Å². The van der Waals surface area contributed by atoms with Crippen molar-refractivity contribution in [3.8, 4) is 11.5 Å². The first-order chi connectivity index (χ1) is 16.3.